The zero-order chi connectivity index (χ0) is 19.7. The largest absolute Gasteiger partial charge is 0.508 e. The van der Waals surface area contributed by atoms with Gasteiger partial charge in [0.2, 0.25) is 6.10 Å². The van der Waals surface area contributed by atoms with Crippen molar-refractivity contribution in [3.05, 3.63) is 90.0 Å². The van der Waals surface area contributed by atoms with Crippen LogP contribution in [0.2, 0.25) is 0 Å². The average Bonchev–Trinajstić information content (AvgIpc) is 2.72. The van der Waals surface area contributed by atoms with Gasteiger partial charge in [-0.25, -0.2) is 4.79 Å². The molecule has 0 aromatic heterocycles. The van der Waals surface area contributed by atoms with Gasteiger partial charge in [0.15, 0.2) is 0 Å². The van der Waals surface area contributed by atoms with Crippen LogP contribution in [0.4, 0.5) is 5.69 Å². The molecule has 3 aromatic carbocycles. The maximum atomic E-state index is 12.9. The van der Waals surface area contributed by atoms with Crippen LogP contribution in [0.3, 0.4) is 0 Å². The number of anilines is 1. The van der Waals surface area contributed by atoms with E-state index >= 15 is 0 Å². The Balaban J connectivity index is 1.70. The molecule has 1 aliphatic heterocycles. The lowest BCUT2D eigenvalue weighted by Gasteiger charge is -2.46. The zero-order valence-electron chi connectivity index (χ0n) is 14.7. The molecule has 0 radical (unpaired) electrons. The normalized spacial score (nSPS) is 18.4. The molecule has 6 heteroatoms. The Morgan fingerprint density at radius 3 is 2.18 bits per heavy atom. The smallest absolute Gasteiger partial charge is 0.335 e. The lowest BCUT2D eigenvalue weighted by molar-refractivity contribution is -0.135. The summed E-state index contributed by atoms with van der Waals surface area (Å²) >= 11 is 0. The topological polar surface area (TPSA) is 87.1 Å². The number of aromatic carboxylic acids is 1. The first-order chi connectivity index (χ1) is 13.6. The summed E-state index contributed by atoms with van der Waals surface area (Å²) in [5.74, 6) is -0.680. The number of para-hydroxylation sites is 2. The van der Waals surface area contributed by atoms with Gasteiger partial charge in [0, 0.05) is 11.3 Å². The summed E-state index contributed by atoms with van der Waals surface area (Å²) in [4.78, 5) is 25.5. The number of carbonyl (C=O) groups excluding carboxylic acids is 1. The van der Waals surface area contributed by atoms with Crippen LogP contribution < -0.4 is 9.64 Å². The van der Waals surface area contributed by atoms with Gasteiger partial charge in [0.1, 0.15) is 17.5 Å². The van der Waals surface area contributed by atoms with Crippen molar-refractivity contribution in [2.24, 2.45) is 0 Å². The van der Waals surface area contributed by atoms with Gasteiger partial charge in [-0.05, 0) is 42.5 Å². The molecule has 2 atom stereocenters. The van der Waals surface area contributed by atoms with E-state index in [1.807, 2.05) is 18.2 Å². The van der Waals surface area contributed by atoms with Crippen molar-refractivity contribution in [1.29, 1.82) is 0 Å². The standard InChI is InChI=1S/C22H17NO5/c24-18-9-5-4-8-17(18)19-20(28-16-6-2-1-3-7-16)21(25)23(19)15-12-10-14(11-13-15)22(26)27/h1-13,19-20,24H,(H,26,27)/t19-,20+/m0/s1. The van der Waals surface area contributed by atoms with Gasteiger partial charge in [-0.3, -0.25) is 9.69 Å². The maximum Gasteiger partial charge on any atom is 0.335 e. The highest BCUT2D eigenvalue weighted by Crippen LogP contribution is 2.43. The van der Waals surface area contributed by atoms with E-state index < -0.39 is 18.1 Å². The van der Waals surface area contributed by atoms with Crippen molar-refractivity contribution in [2.45, 2.75) is 12.1 Å². The molecule has 0 unspecified atom stereocenters. The summed E-state index contributed by atoms with van der Waals surface area (Å²) in [7, 11) is 0. The second kappa shape index (κ2) is 7.08. The average molecular weight is 375 g/mol. The van der Waals surface area contributed by atoms with E-state index in [-0.39, 0.29) is 17.2 Å². The zero-order valence-corrected chi connectivity index (χ0v) is 14.7. The van der Waals surface area contributed by atoms with Gasteiger partial charge in [-0.15, -0.1) is 0 Å². The highest BCUT2D eigenvalue weighted by molar-refractivity contribution is 6.05. The number of phenolic OH excluding ortho intramolecular Hbond substituents is 1. The fraction of sp³-hybridized carbons (Fsp3) is 0.0909. The predicted octanol–water partition coefficient (Wildman–Crippen LogP) is 3.63. The number of nitrogens with zero attached hydrogens (tertiary/aromatic N) is 1. The monoisotopic (exact) mass is 375 g/mol. The number of carboxylic acids is 1. The molecule has 3 aromatic rings. The van der Waals surface area contributed by atoms with Crippen LogP contribution in [-0.4, -0.2) is 28.2 Å². The number of phenols is 1. The first-order valence-electron chi connectivity index (χ1n) is 8.72. The van der Waals surface area contributed by atoms with Crippen molar-refractivity contribution in [3.8, 4) is 11.5 Å². The van der Waals surface area contributed by atoms with Crippen LogP contribution in [0.15, 0.2) is 78.9 Å². The van der Waals surface area contributed by atoms with Gasteiger partial charge in [0.05, 0.1) is 5.56 Å². The van der Waals surface area contributed by atoms with Crippen molar-refractivity contribution in [3.63, 3.8) is 0 Å². The summed E-state index contributed by atoms with van der Waals surface area (Å²) in [5, 5.41) is 19.4. The molecular formula is C22H17NO5. The van der Waals surface area contributed by atoms with E-state index in [1.54, 1.807) is 48.5 Å². The number of aromatic hydroxyl groups is 1. The number of β-lactam (4-membered cyclic amide) rings is 1. The molecule has 0 saturated carbocycles. The van der Waals surface area contributed by atoms with E-state index in [0.717, 1.165) is 0 Å². The van der Waals surface area contributed by atoms with Crippen molar-refractivity contribution < 1.29 is 24.5 Å². The van der Waals surface area contributed by atoms with E-state index in [1.165, 1.54) is 17.0 Å². The molecule has 1 heterocycles. The third kappa shape index (κ3) is 3.05. The molecular weight excluding hydrogens is 358 g/mol. The SMILES string of the molecule is O=C(O)c1ccc(N2C(=O)[C@H](Oc3ccccc3)[C@@H]2c2ccccc2O)cc1. The van der Waals surface area contributed by atoms with E-state index in [0.29, 0.717) is 17.0 Å². The number of carboxylic acid groups (broad SMARTS) is 1. The van der Waals surface area contributed by atoms with Crippen molar-refractivity contribution in [1.82, 2.24) is 0 Å². The summed E-state index contributed by atoms with van der Waals surface area (Å²) < 4.78 is 5.90. The van der Waals surface area contributed by atoms with Crippen LogP contribution in [0.25, 0.3) is 0 Å². The minimum absolute atomic E-state index is 0.0637. The fourth-order valence-electron chi connectivity index (χ4n) is 3.32. The number of carbonyl (C=O) groups is 2. The molecule has 28 heavy (non-hydrogen) atoms. The Morgan fingerprint density at radius 2 is 1.54 bits per heavy atom. The summed E-state index contributed by atoms with van der Waals surface area (Å²) in [5.41, 5.74) is 1.23. The molecule has 0 spiro atoms. The molecule has 140 valence electrons. The predicted molar refractivity (Wildman–Crippen MR) is 103 cm³/mol. The molecule has 1 amide bonds. The first kappa shape index (κ1) is 17.6. The van der Waals surface area contributed by atoms with Gasteiger partial charge in [-0.1, -0.05) is 36.4 Å². The molecule has 1 aliphatic rings. The maximum absolute atomic E-state index is 12.9. The van der Waals surface area contributed by atoms with Crippen LogP contribution >= 0.6 is 0 Å². The highest BCUT2D eigenvalue weighted by Gasteiger charge is 2.51. The molecule has 2 N–H and O–H groups in total. The van der Waals surface area contributed by atoms with Crippen LogP contribution in [0, 0.1) is 0 Å². The Hall–Kier alpha value is -3.80. The molecule has 1 saturated heterocycles. The third-order valence-electron chi connectivity index (χ3n) is 4.70. The number of rotatable bonds is 5. The van der Waals surface area contributed by atoms with Gasteiger partial charge < -0.3 is 14.9 Å². The number of benzene rings is 3. The quantitative estimate of drug-likeness (QED) is 0.665. The highest BCUT2D eigenvalue weighted by atomic mass is 16.5. The van der Waals surface area contributed by atoms with Crippen molar-refractivity contribution in [2.75, 3.05) is 4.90 Å². The molecule has 4 rings (SSSR count). The third-order valence-corrected chi connectivity index (χ3v) is 4.70. The lowest BCUT2D eigenvalue weighted by Crippen LogP contribution is -2.61. The fourth-order valence-corrected chi connectivity index (χ4v) is 3.32. The number of hydrogen-bond acceptors (Lipinski definition) is 4. The minimum atomic E-state index is -1.04. The second-order valence-corrected chi connectivity index (χ2v) is 6.42. The molecule has 6 nitrogen and oxygen atoms in total. The Bertz CT molecular complexity index is 1020. The summed E-state index contributed by atoms with van der Waals surface area (Å²) in [6.45, 7) is 0. The number of amides is 1. The van der Waals surface area contributed by atoms with Crippen molar-refractivity contribution >= 4 is 17.6 Å². The summed E-state index contributed by atoms with van der Waals surface area (Å²) in [6, 6.07) is 21.3. The van der Waals surface area contributed by atoms with Crippen LogP contribution in [0.5, 0.6) is 11.5 Å². The van der Waals surface area contributed by atoms with E-state index in [9.17, 15) is 14.7 Å². The number of hydrogen-bond donors (Lipinski definition) is 2. The van der Waals surface area contributed by atoms with Gasteiger partial charge >= 0.3 is 5.97 Å². The lowest BCUT2D eigenvalue weighted by atomic mass is 9.89. The molecule has 0 bridgehead atoms. The van der Waals surface area contributed by atoms with Gasteiger partial charge in [-0.2, -0.15) is 0 Å². The molecule has 1 fully saturated rings. The van der Waals surface area contributed by atoms with E-state index in [4.69, 9.17) is 9.84 Å². The Morgan fingerprint density at radius 1 is 0.893 bits per heavy atom. The minimum Gasteiger partial charge on any atom is -0.508 e. The Kier molecular flexibility index (Phi) is 4.45. The van der Waals surface area contributed by atoms with Gasteiger partial charge in [0.25, 0.3) is 5.91 Å². The second-order valence-electron chi connectivity index (χ2n) is 6.42. The summed E-state index contributed by atoms with van der Waals surface area (Å²) in [6.07, 6.45) is -0.796. The Labute approximate surface area is 161 Å². The van der Waals surface area contributed by atoms with E-state index in [2.05, 4.69) is 0 Å². The number of ether oxygens (including phenoxy) is 1. The first-order valence-corrected chi connectivity index (χ1v) is 8.72. The molecule has 0 aliphatic carbocycles. The van der Waals surface area contributed by atoms with Crippen LogP contribution in [0.1, 0.15) is 22.0 Å². The van der Waals surface area contributed by atoms with Crippen LogP contribution in [-0.2, 0) is 4.79 Å².